The van der Waals surface area contributed by atoms with Gasteiger partial charge in [0.05, 0.1) is 5.56 Å². The van der Waals surface area contributed by atoms with E-state index in [1.165, 1.54) is 0 Å². The highest BCUT2D eigenvalue weighted by Gasteiger charge is 2.04. The Kier molecular flexibility index (Phi) is 8.80. The minimum atomic E-state index is -0.917. The van der Waals surface area contributed by atoms with E-state index >= 15 is 0 Å². The van der Waals surface area contributed by atoms with Crippen LogP contribution in [-0.4, -0.2) is 11.1 Å². The summed E-state index contributed by atoms with van der Waals surface area (Å²) in [5.74, 6) is -0.154. The summed E-state index contributed by atoms with van der Waals surface area (Å²) in [4.78, 5) is 10.9. The molecule has 0 aromatic heterocycles. The van der Waals surface area contributed by atoms with Crippen molar-refractivity contribution in [3.8, 4) is 5.75 Å². The lowest BCUT2D eigenvalue weighted by molar-refractivity contribution is 0.0697. The predicted octanol–water partition coefficient (Wildman–Crippen LogP) is 5.98. The lowest BCUT2D eigenvalue weighted by atomic mass is 10.1. The Hall–Kier alpha value is -2.24. The summed E-state index contributed by atoms with van der Waals surface area (Å²) < 4.78 is 5.78. The van der Waals surface area contributed by atoms with Gasteiger partial charge in [-0.15, -0.1) is 12.4 Å². The van der Waals surface area contributed by atoms with Crippen LogP contribution in [0.3, 0.4) is 0 Å². The standard InChI is InChI=1S/C22H19Cl2NO3.ClH/c23-19-8-7-18(21(24)11-19)14-28-20-9-3-16(4-10-20)13-25-12-15-1-5-17(6-2-15)22(26)27;/h1-11,25H,12-14H2,(H,26,27);1H. The van der Waals surface area contributed by atoms with Gasteiger partial charge in [-0.3, -0.25) is 0 Å². The fraction of sp³-hybridized carbons (Fsp3) is 0.136. The van der Waals surface area contributed by atoms with E-state index in [2.05, 4.69) is 5.32 Å². The number of hydrogen-bond acceptors (Lipinski definition) is 3. The molecule has 0 bridgehead atoms. The number of halogens is 3. The molecule has 4 nitrogen and oxygen atoms in total. The topological polar surface area (TPSA) is 58.6 Å². The molecular weight excluding hydrogens is 433 g/mol. The Balaban J connectivity index is 0.00000300. The van der Waals surface area contributed by atoms with Crippen LogP contribution in [0.5, 0.6) is 5.75 Å². The zero-order chi connectivity index (χ0) is 19.9. The van der Waals surface area contributed by atoms with Gasteiger partial charge >= 0.3 is 5.97 Å². The van der Waals surface area contributed by atoms with Gasteiger partial charge in [0, 0.05) is 28.7 Å². The third kappa shape index (κ3) is 6.94. The Morgan fingerprint density at radius 2 is 1.48 bits per heavy atom. The first kappa shape index (κ1) is 23.0. The summed E-state index contributed by atoms with van der Waals surface area (Å²) in [5, 5.41) is 13.4. The van der Waals surface area contributed by atoms with Crippen molar-refractivity contribution < 1.29 is 14.6 Å². The van der Waals surface area contributed by atoms with E-state index in [-0.39, 0.29) is 12.4 Å². The van der Waals surface area contributed by atoms with Crippen molar-refractivity contribution in [1.82, 2.24) is 5.32 Å². The molecule has 0 fully saturated rings. The third-order valence-electron chi connectivity index (χ3n) is 4.19. The maximum Gasteiger partial charge on any atom is 0.335 e. The molecule has 29 heavy (non-hydrogen) atoms. The molecule has 0 atom stereocenters. The van der Waals surface area contributed by atoms with E-state index in [1.54, 1.807) is 24.3 Å². The fourth-order valence-electron chi connectivity index (χ4n) is 2.62. The Morgan fingerprint density at radius 1 is 0.897 bits per heavy atom. The molecule has 0 heterocycles. The van der Waals surface area contributed by atoms with Crippen molar-refractivity contribution in [3.63, 3.8) is 0 Å². The molecule has 0 aliphatic rings. The average molecular weight is 453 g/mol. The monoisotopic (exact) mass is 451 g/mol. The van der Waals surface area contributed by atoms with E-state index in [1.807, 2.05) is 42.5 Å². The van der Waals surface area contributed by atoms with Crippen molar-refractivity contribution in [2.75, 3.05) is 0 Å². The molecule has 0 saturated carbocycles. The van der Waals surface area contributed by atoms with E-state index in [0.29, 0.717) is 35.3 Å². The van der Waals surface area contributed by atoms with Crippen LogP contribution in [0.2, 0.25) is 10.0 Å². The molecule has 0 spiro atoms. The largest absolute Gasteiger partial charge is 0.489 e. The second kappa shape index (κ2) is 11.1. The first-order valence-electron chi connectivity index (χ1n) is 8.70. The van der Waals surface area contributed by atoms with Crippen LogP contribution in [-0.2, 0) is 19.7 Å². The number of nitrogens with one attached hydrogen (secondary N) is 1. The SMILES string of the molecule is Cl.O=C(O)c1ccc(CNCc2ccc(OCc3ccc(Cl)cc3Cl)cc2)cc1. The first-order chi connectivity index (χ1) is 13.5. The molecule has 152 valence electrons. The molecule has 7 heteroatoms. The molecule has 0 saturated heterocycles. The quantitative estimate of drug-likeness (QED) is 0.441. The summed E-state index contributed by atoms with van der Waals surface area (Å²) in [6, 6.07) is 20.0. The van der Waals surface area contributed by atoms with Gasteiger partial charge in [-0.05, 0) is 47.5 Å². The number of carbonyl (C=O) groups is 1. The van der Waals surface area contributed by atoms with Crippen molar-refractivity contribution in [1.29, 1.82) is 0 Å². The van der Waals surface area contributed by atoms with Gasteiger partial charge < -0.3 is 15.2 Å². The molecule has 0 unspecified atom stereocenters. The Bertz CT molecular complexity index is 945. The van der Waals surface area contributed by atoms with E-state index in [4.69, 9.17) is 33.0 Å². The lowest BCUT2D eigenvalue weighted by Crippen LogP contribution is -2.12. The summed E-state index contributed by atoms with van der Waals surface area (Å²) in [6.45, 7) is 1.73. The Labute approximate surface area is 185 Å². The molecule has 2 N–H and O–H groups in total. The zero-order valence-corrected chi connectivity index (χ0v) is 17.7. The van der Waals surface area contributed by atoms with E-state index in [0.717, 1.165) is 22.4 Å². The van der Waals surface area contributed by atoms with Crippen molar-refractivity contribution in [3.05, 3.63) is 99.0 Å². The molecule has 3 aromatic carbocycles. The predicted molar refractivity (Wildman–Crippen MR) is 118 cm³/mol. The van der Waals surface area contributed by atoms with Crippen LogP contribution in [0.15, 0.2) is 66.7 Å². The maximum atomic E-state index is 10.9. The molecule has 0 radical (unpaired) electrons. The highest BCUT2D eigenvalue weighted by molar-refractivity contribution is 6.35. The smallest absolute Gasteiger partial charge is 0.335 e. The van der Waals surface area contributed by atoms with Gasteiger partial charge in [0.15, 0.2) is 0 Å². The van der Waals surface area contributed by atoms with Gasteiger partial charge in [-0.2, -0.15) is 0 Å². The number of ether oxygens (including phenoxy) is 1. The van der Waals surface area contributed by atoms with E-state index in [9.17, 15) is 4.79 Å². The molecule has 3 aromatic rings. The van der Waals surface area contributed by atoms with Crippen molar-refractivity contribution in [2.24, 2.45) is 0 Å². The highest BCUT2D eigenvalue weighted by Crippen LogP contribution is 2.23. The second-order valence-electron chi connectivity index (χ2n) is 6.27. The summed E-state index contributed by atoms with van der Waals surface area (Å²) >= 11 is 12.0. The van der Waals surface area contributed by atoms with Crippen LogP contribution >= 0.6 is 35.6 Å². The number of hydrogen-bond donors (Lipinski definition) is 2. The van der Waals surface area contributed by atoms with Crippen molar-refractivity contribution >= 4 is 41.6 Å². The van der Waals surface area contributed by atoms with Crippen LogP contribution in [0.1, 0.15) is 27.0 Å². The number of rotatable bonds is 8. The van der Waals surface area contributed by atoms with E-state index < -0.39 is 5.97 Å². The molecule has 0 amide bonds. The summed E-state index contributed by atoms with van der Waals surface area (Å²) in [7, 11) is 0. The van der Waals surface area contributed by atoms with Gasteiger partial charge in [-0.25, -0.2) is 4.79 Å². The number of carboxylic acids is 1. The minimum absolute atomic E-state index is 0. The Morgan fingerprint density at radius 3 is 2.03 bits per heavy atom. The summed E-state index contributed by atoms with van der Waals surface area (Å²) in [5.41, 5.74) is 3.33. The number of benzene rings is 3. The van der Waals surface area contributed by atoms with Crippen molar-refractivity contribution in [2.45, 2.75) is 19.7 Å². The van der Waals surface area contributed by atoms with Crippen LogP contribution < -0.4 is 10.1 Å². The molecule has 3 rings (SSSR count). The first-order valence-corrected chi connectivity index (χ1v) is 9.45. The number of carboxylic acid groups (broad SMARTS) is 1. The highest BCUT2D eigenvalue weighted by atomic mass is 35.5. The number of aromatic carboxylic acids is 1. The fourth-order valence-corrected chi connectivity index (χ4v) is 3.08. The zero-order valence-electron chi connectivity index (χ0n) is 15.4. The van der Waals surface area contributed by atoms with Crippen LogP contribution in [0.25, 0.3) is 0 Å². The van der Waals surface area contributed by atoms with Gasteiger partial charge in [-0.1, -0.05) is 53.5 Å². The third-order valence-corrected chi connectivity index (χ3v) is 4.78. The molecule has 0 aliphatic carbocycles. The average Bonchev–Trinajstić information content (AvgIpc) is 2.69. The lowest BCUT2D eigenvalue weighted by Gasteiger charge is -2.10. The maximum absolute atomic E-state index is 10.9. The van der Waals surface area contributed by atoms with Crippen LogP contribution in [0.4, 0.5) is 0 Å². The van der Waals surface area contributed by atoms with Gasteiger partial charge in [0.1, 0.15) is 12.4 Å². The summed E-state index contributed by atoms with van der Waals surface area (Å²) in [6.07, 6.45) is 0. The van der Waals surface area contributed by atoms with Crippen LogP contribution in [0, 0.1) is 0 Å². The molecule has 0 aliphatic heterocycles. The minimum Gasteiger partial charge on any atom is -0.489 e. The molecular formula is C22H20Cl3NO3. The second-order valence-corrected chi connectivity index (χ2v) is 7.12. The van der Waals surface area contributed by atoms with Gasteiger partial charge in [0.2, 0.25) is 0 Å². The van der Waals surface area contributed by atoms with Gasteiger partial charge in [0.25, 0.3) is 0 Å². The normalized spacial score (nSPS) is 10.3.